The van der Waals surface area contributed by atoms with Crippen LogP contribution in [0.2, 0.25) is 0 Å². The highest BCUT2D eigenvalue weighted by atomic mass is 16.5. The number of carbonyl (C=O) groups is 1. The Hall–Kier alpha value is -1.35. The summed E-state index contributed by atoms with van der Waals surface area (Å²) in [6.45, 7) is 4.31. The van der Waals surface area contributed by atoms with Crippen molar-refractivity contribution in [3.63, 3.8) is 0 Å². The minimum absolute atomic E-state index is 0.102. The van der Waals surface area contributed by atoms with Gasteiger partial charge in [0.25, 0.3) is 0 Å². The van der Waals surface area contributed by atoms with Crippen LogP contribution in [0.4, 0.5) is 0 Å². The number of ketones is 1. The SMILES string of the molecule is COc1ccc2c(c1)C1(C)CCN(CC3CC3)C(C2)C1=O. The predicted octanol–water partition coefficient (Wildman–Crippen LogP) is 2.56. The molecule has 2 atom stereocenters. The number of methoxy groups -OCH3 is 1. The molecule has 1 aliphatic heterocycles. The van der Waals surface area contributed by atoms with Gasteiger partial charge < -0.3 is 4.74 Å². The van der Waals surface area contributed by atoms with Crippen molar-refractivity contribution < 1.29 is 9.53 Å². The highest BCUT2D eigenvalue weighted by Crippen LogP contribution is 2.44. The van der Waals surface area contributed by atoms with Crippen LogP contribution in [0.15, 0.2) is 18.2 Å². The van der Waals surface area contributed by atoms with Crippen molar-refractivity contribution in [2.24, 2.45) is 5.92 Å². The molecule has 21 heavy (non-hydrogen) atoms. The molecule has 1 saturated heterocycles. The fourth-order valence-corrected chi connectivity index (χ4v) is 4.10. The van der Waals surface area contributed by atoms with Gasteiger partial charge in [-0.15, -0.1) is 0 Å². The summed E-state index contributed by atoms with van der Waals surface area (Å²) >= 11 is 0. The molecule has 112 valence electrons. The maximum absolute atomic E-state index is 13.0. The maximum atomic E-state index is 13.0. The van der Waals surface area contributed by atoms with Gasteiger partial charge in [0.15, 0.2) is 5.78 Å². The minimum Gasteiger partial charge on any atom is -0.497 e. The fourth-order valence-electron chi connectivity index (χ4n) is 4.10. The monoisotopic (exact) mass is 285 g/mol. The van der Waals surface area contributed by atoms with Gasteiger partial charge in [-0.25, -0.2) is 0 Å². The first-order valence-electron chi connectivity index (χ1n) is 8.07. The Morgan fingerprint density at radius 2 is 2.19 bits per heavy atom. The largest absolute Gasteiger partial charge is 0.497 e. The normalized spacial score (nSPS) is 31.9. The van der Waals surface area contributed by atoms with Crippen molar-refractivity contribution in [3.8, 4) is 5.75 Å². The number of likely N-dealkylation sites (tertiary alicyclic amines) is 1. The molecule has 1 heterocycles. The van der Waals surface area contributed by atoms with Gasteiger partial charge in [0.2, 0.25) is 0 Å². The Balaban J connectivity index is 1.72. The van der Waals surface area contributed by atoms with E-state index in [1.165, 1.54) is 24.0 Å². The Kier molecular flexibility index (Phi) is 2.90. The number of hydrogen-bond donors (Lipinski definition) is 0. The van der Waals surface area contributed by atoms with E-state index in [1.54, 1.807) is 7.11 Å². The molecule has 0 amide bonds. The standard InChI is InChI=1S/C18H23NO2/c1-18-7-8-19(11-12-3-4-12)16(17(18)20)9-13-5-6-14(21-2)10-15(13)18/h5-6,10,12,16H,3-4,7-9,11H2,1-2H3. The fraction of sp³-hybridized carbons (Fsp3) is 0.611. The van der Waals surface area contributed by atoms with Crippen LogP contribution in [0, 0.1) is 5.92 Å². The number of nitrogens with zero attached hydrogens (tertiary/aromatic N) is 1. The van der Waals surface area contributed by atoms with Crippen LogP contribution in [0.5, 0.6) is 5.75 Å². The summed E-state index contributed by atoms with van der Waals surface area (Å²) in [5.41, 5.74) is 2.23. The average Bonchev–Trinajstić information content (AvgIpc) is 3.30. The van der Waals surface area contributed by atoms with Crippen LogP contribution < -0.4 is 4.74 Å². The molecular weight excluding hydrogens is 262 g/mol. The lowest BCUT2D eigenvalue weighted by atomic mass is 9.64. The Morgan fingerprint density at radius 3 is 2.90 bits per heavy atom. The highest BCUT2D eigenvalue weighted by molar-refractivity contribution is 5.97. The zero-order chi connectivity index (χ0) is 14.6. The Labute approximate surface area is 126 Å². The molecule has 0 N–H and O–H groups in total. The van der Waals surface area contributed by atoms with Gasteiger partial charge in [0.1, 0.15) is 5.75 Å². The zero-order valence-corrected chi connectivity index (χ0v) is 12.9. The molecule has 1 saturated carbocycles. The van der Waals surface area contributed by atoms with Gasteiger partial charge in [-0.2, -0.15) is 0 Å². The van der Waals surface area contributed by atoms with E-state index in [4.69, 9.17) is 4.74 Å². The van der Waals surface area contributed by atoms with E-state index >= 15 is 0 Å². The van der Waals surface area contributed by atoms with Crippen molar-refractivity contribution in [2.45, 2.75) is 44.1 Å². The van der Waals surface area contributed by atoms with Crippen molar-refractivity contribution in [1.29, 1.82) is 0 Å². The van der Waals surface area contributed by atoms with Gasteiger partial charge in [-0.1, -0.05) is 6.07 Å². The second-order valence-electron chi connectivity index (χ2n) is 7.13. The first-order chi connectivity index (χ1) is 10.1. The second-order valence-corrected chi connectivity index (χ2v) is 7.13. The molecule has 1 aromatic carbocycles. The van der Waals surface area contributed by atoms with E-state index < -0.39 is 0 Å². The quantitative estimate of drug-likeness (QED) is 0.855. The van der Waals surface area contributed by atoms with Gasteiger partial charge >= 0.3 is 0 Å². The molecule has 3 heteroatoms. The summed E-state index contributed by atoms with van der Waals surface area (Å²) in [4.78, 5) is 15.5. The molecule has 2 unspecified atom stereocenters. The number of ether oxygens (including phenoxy) is 1. The van der Waals surface area contributed by atoms with E-state index in [0.29, 0.717) is 5.78 Å². The third-order valence-electron chi connectivity index (χ3n) is 5.70. The molecule has 3 nitrogen and oxygen atoms in total. The number of fused-ring (bicyclic) bond motifs is 4. The van der Waals surface area contributed by atoms with Gasteiger partial charge in [0, 0.05) is 13.1 Å². The minimum atomic E-state index is -0.313. The maximum Gasteiger partial charge on any atom is 0.160 e. The van der Waals surface area contributed by atoms with Crippen LogP contribution in [0.3, 0.4) is 0 Å². The van der Waals surface area contributed by atoms with E-state index in [9.17, 15) is 4.79 Å². The molecule has 2 fully saturated rings. The average molecular weight is 285 g/mol. The molecule has 4 rings (SSSR count). The Morgan fingerprint density at radius 1 is 1.38 bits per heavy atom. The molecule has 0 spiro atoms. The molecule has 0 radical (unpaired) electrons. The number of hydrogen-bond acceptors (Lipinski definition) is 3. The lowest BCUT2D eigenvalue weighted by Crippen LogP contribution is -2.59. The van der Waals surface area contributed by atoms with E-state index in [-0.39, 0.29) is 11.5 Å². The van der Waals surface area contributed by atoms with E-state index in [0.717, 1.165) is 37.6 Å². The van der Waals surface area contributed by atoms with E-state index in [2.05, 4.69) is 24.0 Å². The van der Waals surface area contributed by atoms with Gasteiger partial charge in [-0.3, -0.25) is 9.69 Å². The molecule has 3 aliphatic rings. The molecule has 0 aromatic heterocycles. The lowest BCUT2D eigenvalue weighted by molar-refractivity contribution is -0.134. The van der Waals surface area contributed by atoms with Crippen molar-refractivity contribution in [3.05, 3.63) is 29.3 Å². The highest BCUT2D eigenvalue weighted by Gasteiger charge is 2.50. The Bertz CT molecular complexity index is 593. The van der Waals surface area contributed by atoms with Crippen LogP contribution in [0.1, 0.15) is 37.3 Å². The number of carbonyl (C=O) groups excluding carboxylic acids is 1. The van der Waals surface area contributed by atoms with Crippen LogP contribution in [-0.4, -0.2) is 36.9 Å². The molecule has 1 aromatic rings. The molecular formula is C18H23NO2. The number of Topliss-reactive ketones (excluding diaryl/α,β-unsaturated/α-hetero) is 1. The number of benzene rings is 1. The van der Waals surface area contributed by atoms with Gasteiger partial charge in [0.05, 0.1) is 18.6 Å². The topological polar surface area (TPSA) is 29.5 Å². The third-order valence-corrected chi connectivity index (χ3v) is 5.70. The predicted molar refractivity (Wildman–Crippen MR) is 81.8 cm³/mol. The van der Waals surface area contributed by atoms with Crippen LogP contribution in [-0.2, 0) is 16.6 Å². The van der Waals surface area contributed by atoms with Crippen LogP contribution in [0.25, 0.3) is 0 Å². The summed E-state index contributed by atoms with van der Waals surface area (Å²) < 4.78 is 5.36. The molecule has 2 aliphatic carbocycles. The zero-order valence-electron chi connectivity index (χ0n) is 12.9. The smallest absolute Gasteiger partial charge is 0.160 e. The third kappa shape index (κ3) is 2.02. The molecule has 2 bridgehead atoms. The second kappa shape index (κ2) is 4.57. The number of rotatable bonds is 3. The summed E-state index contributed by atoms with van der Waals surface area (Å²) in [5.74, 6) is 2.14. The first kappa shape index (κ1) is 13.3. The van der Waals surface area contributed by atoms with Gasteiger partial charge in [-0.05, 0) is 61.8 Å². The summed E-state index contributed by atoms with van der Waals surface area (Å²) in [6, 6.07) is 6.37. The number of piperidine rings is 1. The summed E-state index contributed by atoms with van der Waals surface area (Å²) in [7, 11) is 1.69. The van der Waals surface area contributed by atoms with Crippen molar-refractivity contribution >= 4 is 5.78 Å². The van der Waals surface area contributed by atoms with E-state index in [1.807, 2.05) is 6.07 Å². The van der Waals surface area contributed by atoms with Crippen molar-refractivity contribution in [1.82, 2.24) is 4.90 Å². The summed E-state index contributed by atoms with van der Waals surface area (Å²) in [6.07, 6.45) is 4.51. The van der Waals surface area contributed by atoms with Crippen LogP contribution >= 0.6 is 0 Å². The summed E-state index contributed by atoms with van der Waals surface area (Å²) in [5, 5.41) is 0. The van der Waals surface area contributed by atoms with Crippen molar-refractivity contribution in [2.75, 3.05) is 20.2 Å². The first-order valence-corrected chi connectivity index (χ1v) is 8.07. The lowest BCUT2D eigenvalue weighted by Gasteiger charge is -2.48.